The van der Waals surface area contributed by atoms with E-state index < -0.39 is 11.7 Å². The molecule has 20 heavy (non-hydrogen) atoms. The van der Waals surface area contributed by atoms with E-state index in [1.165, 1.54) is 12.1 Å². The molecule has 104 valence electrons. The molecule has 0 aliphatic heterocycles. The summed E-state index contributed by atoms with van der Waals surface area (Å²) in [7, 11) is 0. The molecule has 2 aromatic carbocycles. The van der Waals surface area contributed by atoms with Crippen molar-refractivity contribution in [3.63, 3.8) is 0 Å². The first-order valence-electron chi connectivity index (χ1n) is 6.51. The normalized spacial score (nSPS) is 10.3. The number of hydrogen-bond donors (Lipinski definition) is 2. The summed E-state index contributed by atoms with van der Waals surface area (Å²) in [6.45, 7) is 0.986. The van der Waals surface area contributed by atoms with E-state index in [9.17, 15) is 9.18 Å². The van der Waals surface area contributed by atoms with Gasteiger partial charge in [-0.25, -0.2) is 4.39 Å². The first kappa shape index (κ1) is 14.2. The Balaban J connectivity index is 1.95. The van der Waals surface area contributed by atoms with Crippen molar-refractivity contribution in [3.8, 4) is 0 Å². The van der Waals surface area contributed by atoms with Gasteiger partial charge in [0, 0.05) is 6.54 Å². The Morgan fingerprint density at radius 2 is 1.70 bits per heavy atom. The van der Waals surface area contributed by atoms with E-state index in [0.29, 0.717) is 13.1 Å². The highest BCUT2D eigenvalue weighted by Crippen LogP contribution is 2.08. The minimum Gasteiger partial charge on any atom is -0.348 e. The highest BCUT2D eigenvalue weighted by molar-refractivity contribution is 5.94. The molecule has 0 fully saturated rings. The van der Waals surface area contributed by atoms with E-state index in [2.05, 4.69) is 5.32 Å². The van der Waals surface area contributed by atoms with Crippen LogP contribution in [0.5, 0.6) is 0 Å². The predicted octanol–water partition coefficient (Wildman–Crippen LogP) is 2.26. The topological polar surface area (TPSA) is 55.1 Å². The summed E-state index contributed by atoms with van der Waals surface area (Å²) in [6, 6.07) is 13.8. The smallest absolute Gasteiger partial charge is 0.254 e. The Labute approximate surface area is 117 Å². The average Bonchev–Trinajstić information content (AvgIpc) is 2.47. The van der Waals surface area contributed by atoms with E-state index in [4.69, 9.17) is 5.73 Å². The zero-order chi connectivity index (χ0) is 14.4. The predicted molar refractivity (Wildman–Crippen MR) is 76.8 cm³/mol. The molecule has 0 heterocycles. The summed E-state index contributed by atoms with van der Waals surface area (Å²) in [5.41, 5.74) is 7.68. The molecule has 0 radical (unpaired) electrons. The number of hydrogen-bond acceptors (Lipinski definition) is 2. The maximum absolute atomic E-state index is 13.4. The molecule has 0 atom stereocenters. The second-order valence-corrected chi connectivity index (χ2v) is 4.52. The van der Waals surface area contributed by atoms with Crippen molar-refractivity contribution in [3.05, 3.63) is 71.0 Å². The molecule has 4 heteroatoms. The second-order valence-electron chi connectivity index (χ2n) is 4.52. The number of benzene rings is 2. The van der Waals surface area contributed by atoms with Crippen LogP contribution in [0.4, 0.5) is 4.39 Å². The molecule has 0 aromatic heterocycles. The van der Waals surface area contributed by atoms with E-state index in [0.717, 1.165) is 17.5 Å². The quantitative estimate of drug-likeness (QED) is 0.877. The van der Waals surface area contributed by atoms with Crippen LogP contribution >= 0.6 is 0 Å². The number of carbonyl (C=O) groups excluding carboxylic acids is 1. The van der Waals surface area contributed by atoms with Gasteiger partial charge in [0.05, 0.1) is 5.56 Å². The van der Waals surface area contributed by atoms with Crippen LogP contribution in [-0.2, 0) is 13.0 Å². The van der Waals surface area contributed by atoms with Crippen molar-refractivity contribution in [2.45, 2.75) is 13.0 Å². The summed E-state index contributed by atoms with van der Waals surface area (Å²) in [5.74, 6) is -0.919. The lowest BCUT2D eigenvalue weighted by Gasteiger charge is -2.07. The van der Waals surface area contributed by atoms with Gasteiger partial charge in [0.15, 0.2) is 0 Å². The van der Waals surface area contributed by atoms with Crippen molar-refractivity contribution in [2.24, 2.45) is 5.73 Å². The molecule has 0 bridgehead atoms. The van der Waals surface area contributed by atoms with Crippen molar-refractivity contribution in [1.82, 2.24) is 5.32 Å². The Morgan fingerprint density at radius 3 is 2.35 bits per heavy atom. The second kappa shape index (κ2) is 6.82. The Bertz CT molecular complexity index is 581. The standard InChI is InChI=1S/C16H17FN2O/c17-15-4-2-1-3-14(15)16(20)19-11-13-7-5-12(6-8-13)9-10-18/h1-8H,9-11,18H2,(H,19,20). The van der Waals surface area contributed by atoms with Gasteiger partial charge >= 0.3 is 0 Å². The lowest BCUT2D eigenvalue weighted by Crippen LogP contribution is -2.23. The minimum absolute atomic E-state index is 0.0623. The fourth-order valence-electron chi connectivity index (χ4n) is 1.91. The van der Waals surface area contributed by atoms with Crippen molar-refractivity contribution in [2.75, 3.05) is 6.54 Å². The van der Waals surface area contributed by atoms with Gasteiger partial charge in [0.25, 0.3) is 5.91 Å². The lowest BCUT2D eigenvalue weighted by molar-refractivity contribution is 0.0947. The number of amides is 1. The molecule has 0 saturated carbocycles. The van der Waals surface area contributed by atoms with Gasteiger partial charge in [-0.05, 0) is 36.2 Å². The molecule has 3 N–H and O–H groups in total. The molecular weight excluding hydrogens is 255 g/mol. The number of nitrogens with one attached hydrogen (secondary N) is 1. The molecule has 2 rings (SSSR count). The molecule has 0 unspecified atom stereocenters. The molecule has 0 aliphatic rings. The summed E-state index contributed by atoms with van der Waals surface area (Å²) < 4.78 is 13.4. The maximum Gasteiger partial charge on any atom is 0.254 e. The maximum atomic E-state index is 13.4. The minimum atomic E-state index is -0.511. The van der Waals surface area contributed by atoms with Gasteiger partial charge in [-0.1, -0.05) is 36.4 Å². The highest BCUT2D eigenvalue weighted by atomic mass is 19.1. The average molecular weight is 272 g/mol. The van der Waals surface area contributed by atoms with Crippen molar-refractivity contribution >= 4 is 5.91 Å². The SMILES string of the molecule is NCCc1ccc(CNC(=O)c2ccccc2F)cc1. The summed E-state index contributed by atoms with van der Waals surface area (Å²) in [5, 5.41) is 2.70. The summed E-state index contributed by atoms with van der Waals surface area (Å²) in [6.07, 6.45) is 0.835. The molecule has 3 nitrogen and oxygen atoms in total. The van der Waals surface area contributed by atoms with E-state index in [1.54, 1.807) is 12.1 Å². The molecule has 1 amide bonds. The van der Waals surface area contributed by atoms with Crippen molar-refractivity contribution < 1.29 is 9.18 Å². The Morgan fingerprint density at radius 1 is 1.05 bits per heavy atom. The van der Waals surface area contributed by atoms with Crippen LogP contribution in [0.2, 0.25) is 0 Å². The number of carbonyl (C=O) groups is 1. The van der Waals surface area contributed by atoms with Gasteiger partial charge in [-0.2, -0.15) is 0 Å². The van der Waals surface area contributed by atoms with Crippen LogP contribution in [0.15, 0.2) is 48.5 Å². The van der Waals surface area contributed by atoms with Crippen LogP contribution in [0, 0.1) is 5.82 Å². The van der Waals surface area contributed by atoms with E-state index >= 15 is 0 Å². The molecular formula is C16H17FN2O. The zero-order valence-corrected chi connectivity index (χ0v) is 11.1. The first-order valence-corrected chi connectivity index (χ1v) is 6.51. The van der Waals surface area contributed by atoms with Crippen LogP contribution in [0.1, 0.15) is 21.5 Å². The number of halogens is 1. The molecule has 0 aliphatic carbocycles. The molecule has 0 spiro atoms. The van der Waals surface area contributed by atoms with Crippen LogP contribution < -0.4 is 11.1 Å². The first-order chi connectivity index (χ1) is 9.70. The highest BCUT2D eigenvalue weighted by Gasteiger charge is 2.09. The largest absolute Gasteiger partial charge is 0.348 e. The lowest BCUT2D eigenvalue weighted by atomic mass is 10.1. The van der Waals surface area contributed by atoms with Gasteiger partial charge in [0.2, 0.25) is 0 Å². The summed E-state index contributed by atoms with van der Waals surface area (Å²) >= 11 is 0. The van der Waals surface area contributed by atoms with Crippen molar-refractivity contribution in [1.29, 1.82) is 0 Å². The summed E-state index contributed by atoms with van der Waals surface area (Å²) in [4.78, 5) is 11.8. The molecule has 0 saturated heterocycles. The van der Waals surface area contributed by atoms with Crippen LogP contribution in [-0.4, -0.2) is 12.5 Å². The molecule has 2 aromatic rings. The van der Waals surface area contributed by atoms with Gasteiger partial charge in [0.1, 0.15) is 5.82 Å². The zero-order valence-electron chi connectivity index (χ0n) is 11.1. The third kappa shape index (κ3) is 3.65. The number of rotatable bonds is 5. The van der Waals surface area contributed by atoms with Crippen LogP contribution in [0.3, 0.4) is 0 Å². The van der Waals surface area contributed by atoms with Gasteiger partial charge in [-0.3, -0.25) is 4.79 Å². The van der Waals surface area contributed by atoms with E-state index in [1.807, 2.05) is 24.3 Å². The Hall–Kier alpha value is -2.20. The van der Waals surface area contributed by atoms with Gasteiger partial charge in [-0.15, -0.1) is 0 Å². The van der Waals surface area contributed by atoms with E-state index in [-0.39, 0.29) is 5.56 Å². The third-order valence-corrected chi connectivity index (χ3v) is 3.03. The number of nitrogens with two attached hydrogens (primary N) is 1. The van der Waals surface area contributed by atoms with Crippen LogP contribution in [0.25, 0.3) is 0 Å². The fraction of sp³-hybridized carbons (Fsp3) is 0.188. The fourth-order valence-corrected chi connectivity index (χ4v) is 1.91. The van der Waals surface area contributed by atoms with Gasteiger partial charge < -0.3 is 11.1 Å². The monoisotopic (exact) mass is 272 g/mol. The third-order valence-electron chi connectivity index (χ3n) is 3.03. The Kier molecular flexibility index (Phi) is 4.85.